The third-order valence-corrected chi connectivity index (χ3v) is 4.51. The highest BCUT2D eigenvalue weighted by atomic mass is 32.2. The van der Waals surface area contributed by atoms with Crippen LogP contribution in [0.2, 0.25) is 0 Å². The molecule has 1 aromatic rings. The molecule has 1 aromatic carbocycles. The van der Waals surface area contributed by atoms with E-state index in [0.29, 0.717) is 5.69 Å². The highest BCUT2D eigenvalue weighted by Crippen LogP contribution is 2.26. The lowest BCUT2D eigenvalue weighted by atomic mass is 10.1. The molecule has 0 heterocycles. The summed E-state index contributed by atoms with van der Waals surface area (Å²) in [6.07, 6.45) is 1.92. The van der Waals surface area contributed by atoms with Crippen molar-refractivity contribution in [1.82, 2.24) is 5.32 Å². The van der Waals surface area contributed by atoms with Gasteiger partial charge >= 0.3 is 0 Å². The number of aryl methyl sites for hydroxylation is 2. The van der Waals surface area contributed by atoms with E-state index in [4.69, 9.17) is 0 Å². The molecule has 21 heavy (non-hydrogen) atoms. The van der Waals surface area contributed by atoms with Crippen LogP contribution in [0, 0.1) is 13.8 Å². The third kappa shape index (κ3) is 4.74. The van der Waals surface area contributed by atoms with Gasteiger partial charge in [0.25, 0.3) is 0 Å². The van der Waals surface area contributed by atoms with Crippen molar-refractivity contribution in [1.29, 1.82) is 0 Å². The zero-order valence-corrected chi connectivity index (χ0v) is 14.1. The van der Waals surface area contributed by atoms with Gasteiger partial charge in [-0.2, -0.15) is 0 Å². The predicted octanol–water partition coefficient (Wildman–Crippen LogP) is 1.98. The van der Waals surface area contributed by atoms with E-state index in [1.807, 2.05) is 45.9 Å². The minimum Gasteiger partial charge on any atom is -0.352 e. The Kier molecular flexibility index (Phi) is 5.78. The van der Waals surface area contributed by atoms with Crippen molar-refractivity contribution in [3.8, 4) is 0 Å². The summed E-state index contributed by atoms with van der Waals surface area (Å²) in [5, 5.41) is 2.80. The van der Waals surface area contributed by atoms with Crippen LogP contribution in [0.3, 0.4) is 0 Å². The van der Waals surface area contributed by atoms with Gasteiger partial charge in [-0.1, -0.05) is 25.1 Å². The van der Waals surface area contributed by atoms with Gasteiger partial charge in [0.05, 0.1) is 11.9 Å². The lowest BCUT2D eigenvalue weighted by Gasteiger charge is -2.26. The number of nitrogens with one attached hydrogen (secondary N) is 1. The maximum atomic E-state index is 12.1. The Morgan fingerprint density at radius 1 is 1.29 bits per heavy atom. The standard InChI is InChI=1S/C15H24N2O3S/c1-6-13(4)16-14(18)10-17(21(5,19)20)15-11(2)8-7-9-12(15)3/h7-9,13H,6,10H2,1-5H3,(H,16,18)/t13-/m0/s1. The minimum atomic E-state index is -3.53. The number of hydrogen-bond donors (Lipinski definition) is 1. The van der Waals surface area contributed by atoms with Crippen LogP contribution in [0.4, 0.5) is 5.69 Å². The van der Waals surface area contributed by atoms with E-state index in [9.17, 15) is 13.2 Å². The van der Waals surface area contributed by atoms with Crippen LogP contribution in [0.5, 0.6) is 0 Å². The fourth-order valence-corrected chi connectivity index (χ4v) is 3.09. The minimum absolute atomic E-state index is 0.0249. The van der Waals surface area contributed by atoms with Crippen molar-refractivity contribution in [2.45, 2.75) is 40.2 Å². The molecule has 0 unspecified atom stereocenters. The summed E-state index contributed by atoms with van der Waals surface area (Å²) < 4.78 is 25.3. The molecule has 0 aliphatic heterocycles. The van der Waals surface area contributed by atoms with E-state index in [1.165, 1.54) is 4.31 Å². The molecule has 0 aliphatic carbocycles. The quantitative estimate of drug-likeness (QED) is 0.873. The van der Waals surface area contributed by atoms with Gasteiger partial charge in [0, 0.05) is 6.04 Å². The lowest BCUT2D eigenvalue weighted by Crippen LogP contribution is -2.43. The Balaban J connectivity index is 3.12. The normalized spacial score (nSPS) is 12.8. The van der Waals surface area contributed by atoms with E-state index >= 15 is 0 Å². The summed E-state index contributed by atoms with van der Waals surface area (Å²) in [6.45, 7) is 7.33. The van der Waals surface area contributed by atoms with Crippen LogP contribution in [0.1, 0.15) is 31.4 Å². The number of amides is 1. The van der Waals surface area contributed by atoms with Crippen LogP contribution in [-0.4, -0.2) is 33.2 Å². The number of carbonyl (C=O) groups excluding carboxylic acids is 1. The van der Waals surface area contributed by atoms with Gasteiger partial charge < -0.3 is 5.32 Å². The summed E-state index contributed by atoms with van der Waals surface area (Å²) >= 11 is 0. The SMILES string of the molecule is CC[C@H](C)NC(=O)CN(c1c(C)cccc1C)S(C)(=O)=O. The molecule has 0 aliphatic rings. The number of para-hydroxylation sites is 1. The van der Waals surface area contributed by atoms with Crippen LogP contribution in [0.15, 0.2) is 18.2 Å². The smallest absolute Gasteiger partial charge is 0.240 e. The molecule has 6 heteroatoms. The Hall–Kier alpha value is -1.56. The Bertz CT molecular complexity index is 591. The molecular weight excluding hydrogens is 288 g/mol. The highest BCUT2D eigenvalue weighted by Gasteiger charge is 2.24. The van der Waals surface area contributed by atoms with Gasteiger partial charge in [-0.15, -0.1) is 0 Å². The average molecular weight is 312 g/mol. The summed E-state index contributed by atoms with van der Waals surface area (Å²) in [5.74, 6) is -0.294. The van der Waals surface area contributed by atoms with Crippen molar-refractivity contribution in [2.24, 2.45) is 0 Å². The average Bonchev–Trinajstić information content (AvgIpc) is 2.35. The zero-order chi connectivity index (χ0) is 16.2. The molecule has 0 aromatic heterocycles. The maximum Gasteiger partial charge on any atom is 0.240 e. The Labute approximate surface area is 127 Å². The molecule has 118 valence electrons. The number of benzene rings is 1. The summed E-state index contributed by atoms with van der Waals surface area (Å²) in [6, 6.07) is 5.57. The topological polar surface area (TPSA) is 66.5 Å². The lowest BCUT2D eigenvalue weighted by molar-refractivity contribution is -0.120. The molecule has 0 saturated heterocycles. The molecular formula is C15H24N2O3S. The van der Waals surface area contributed by atoms with Crippen molar-refractivity contribution >= 4 is 21.6 Å². The molecule has 1 N–H and O–H groups in total. The molecule has 5 nitrogen and oxygen atoms in total. The number of hydrogen-bond acceptors (Lipinski definition) is 3. The largest absolute Gasteiger partial charge is 0.352 e. The first-order valence-corrected chi connectivity index (χ1v) is 8.85. The fourth-order valence-electron chi connectivity index (χ4n) is 2.11. The third-order valence-electron chi connectivity index (χ3n) is 3.40. The monoisotopic (exact) mass is 312 g/mol. The Morgan fingerprint density at radius 3 is 2.24 bits per heavy atom. The van der Waals surface area contributed by atoms with Gasteiger partial charge in [0.1, 0.15) is 6.54 Å². The van der Waals surface area contributed by atoms with Crippen LogP contribution in [-0.2, 0) is 14.8 Å². The molecule has 0 fully saturated rings. The highest BCUT2D eigenvalue weighted by molar-refractivity contribution is 7.92. The second kappa shape index (κ2) is 6.93. The van der Waals surface area contributed by atoms with E-state index in [0.717, 1.165) is 23.8 Å². The molecule has 1 rings (SSSR count). The second-order valence-corrected chi connectivity index (χ2v) is 7.29. The zero-order valence-electron chi connectivity index (χ0n) is 13.3. The van der Waals surface area contributed by atoms with Crippen LogP contribution < -0.4 is 9.62 Å². The van der Waals surface area contributed by atoms with Crippen LogP contribution in [0.25, 0.3) is 0 Å². The number of anilines is 1. The number of rotatable bonds is 6. The fraction of sp³-hybridized carbons (Fsp3) is 0.533. The van der Waals surface area contributed by atoms with Gasteiger partial charge in [-0.05, 0) is 38.3 Å². The van der Waals surface area contributed by atoms with E-state index < -0.39 is 10.0 Å². The van der Waals surface area contributed by atoms with Crippen LogP contribution >= 0.6 is 0 Å². The molecule has 0 radical (unpaired) electrons. The van der Waals surface area contributed by atoms with E-state index in [2.05, 4.69) is 5.32 Å². The van der Waals surface area contributed by atoms with Crippen molar-refractivity contribution < 1.29 is 13.2 Å². The van der Waals surface area contributed by atoms with Crippen molar-refractivity contribution in [3.63, 3.8) is 0 Å². The summed E-state index contributed by atoms with van der Waals surface area (Å²) in [5.41, 5.74) is 2.24. The maximum absolute atomic E-state index is 12.1. The molecule has 1 amide bonds. The summed E-state index contributed by atoms with van der Waals surface area (Å²) in [4.78, 5) is 12.0. The van der Waals surface area contributed by atoms with Gasteiger partial charge in [0.2, 0.25) is 15.9 Å². The molecule has 0 bridgehead atoms. The van der Waals surface area contributed by atoms with E-state index in [-0.39, 0.29) is 18.5 Å². The molecule has 0 spiro atoms. The number of nitrogens with zero attached hydrogens (tertiary/aromatic N) is 1. The molecule has 0 saturated carbocycles. The first-order chi connectivity index (χ1) is 9.66. The first-order valence-electron chi connectivity index (χ1n) is 7.00. The molecule has 1 atom stereocenters. The van der Waals surface area contributed by atoms with Gasteiger partial charge in [-0.3, -0.25) is 9.10 Å². The number of carbonyl (C=O) groups is 1. The van der Waals surface area contributed by atoms with Gasteiger partial charge in [0.15, 0.2) is 0 Å². The van der Waals surface area contributed by atoms with Crippen molar-refractivity contribution in [3.05, 3.63) is 29.3 Å². The second-order valence-electron chi connectivity index (χ2n) is 5.39. The summed E-state index contributed by atoms with van der Waals surface area (Å²) in [7, 11) is -3.53. The van der Waals surface area contributed by atoms with Gasteiger partial charge in [-0.25, -0.2) is 8.42 Å². The predicted molar refractivity (Wildman–Crippen MR) is 86.0 cm³/mol. The van der Waals surface area contributed by atoms with Crippen molar-refractivity contribution in [2.75, 3.05) is 17.1 Å². The Morgan fingerprint density at radius 2 is 1.81 bits per heavy atom. The van der Waals surface area contributed by atoms with E-state index in [1.54, 1.807) is 0 Å². The number of sulfonamides is 1. The first kappa shape index (κ1) is 17.5.